The summed E-state index contributed by atoms with van der Waals surface area (Å²) in [5, 5.41) is 3.42. The fourth-order valence-electron chi connectivity index (χ4n) is 2.84. The highest BCUT2D eigenvalue weighted by Crippen LogP contribution is 2.35. The summed E-state index contributed by atoms with van der Waals surface area (Å²) in [6, 6.07) is 6.70. The van der Waals surface area contributed by atoms with Gasteiger partial charge in [0, 0.05) is 19.0 Å². The first-order chi connectivity index (χ1) is 7.40. The molecule has 2 unspecified atom stereocenters. The van der Waals surface area contributed by atoms with E-state index in [1.807, 2.05) is 0 Å². The van der Waals surface area contributed by atoms with Crippen LogP contribution in [0.2, 0.25) is 0 Å². The maximum atomic E-state index is 5.91. The van der Waals surface area contributed by atoms with E-state index in [0.717, 1.165) is 26.1 Å². The van der Waals surface area contributed by atoms with Gasteiger partial charge < -0.3 is 10.1 Å². The van der Waals surface area contributed by atoms with Crippen LogP contribution in [0.3, 0.4) is 0 Å². The summed E-state index contributed by atoms with van der Waals surface area (Å²) in [6.45, 7) is 5.11. The molecule has 0 saturated carbocycles. The van der Waals surface area contributed by atoms with Crippen LogP contribution in [0.25, 0.3) is 0 Å². The number of aryl methyl sites for hydroxylation is 1. The molecule has 0 aliphatic carbocycles. The molecule has 1 fully saturated rings. The normalized spacial score (nSPS) is 28.6. The van der Waals surface area contributed by atoms with Gasteiger partial charge in [-0.1, -0.05) is 25.1 Å². The summed E-state index contributed by atoms with van der Waals surface area (Å²) < 4.78 is 5.91. The molecule has 15 heavy (non-hydrogen) atoms. The van der Waals surface area contributed by atoms with Crippen LogP contribution in [0.4, 0.5) is 0 Å². The van der Waals surface area contributed by atoms with Crippen molar-refractivity contribution in [3.05, 3.63) is 34.9 Å². The lowest BCUT2D eigenvalue weighted by Crippen LogP contribution is -2.27. The van der Waals surface area contributed by atoms with Crippen molar-refractivity contribution in [2.75, 3.05) is 13.1 Å². The van der Waals surface area contributed by atoms with E-state index in [0.29, 0.717) is 12.0 Å². The van der Waals surface area contributed by atoms with Crippen LogP contribution in [0.15, 0.2) is 18.2 Å². The van der Waals surface area contributed by atoms with E-state index in [9.17, 15) is 0 Å². The second-order valence-corrected chi connectivity index (χ2v) is 4.45. The lowest BCUT2D eigenvalue weighted by atomic mass is 9.87. The standard InChI is InChI=1S/C13H17NO/c1-2-9-4-3-5-10-11-6-14-7-13(11)15-8-12(9)10/h3-5,11,13-14H,2,6-8H2,1H3. The first-order valence-corrected chi connectivity index (χ1v) is 5.83. The molecule has 0 bridgehead atoms. The zero-order valence-electron chi connectivity index (χ0n) is 9.12. The number of fused-ring (bicyclic) bond motifs is 3. The largest absolute Gasteiger partial charge is 0.372 e. The molecular weight excluding hydrogens is 186 g/mol. The number of nitrogens with one attached hydrogen (secondary N) is 1. The van der Waals surface area contributed by atoms with Crippen LogP contribution in [0, 0.1) is 0 Å². The van der Waals surface area contributed by atoms with Crippen molar-refractivity contribution in [1.29, 1.82) is 0 Å². The molecule has 2 atom stereocenters. The summed E-state index contributed by atoms with van der Waals surface area (Å²) in [5.41, 5.74) is 4.43. The van der Waals surface area contributed by atoms with Gasteiger partial charge in [-0.15, -0.1) is 0 Å². The van der Waals surface area contributed by atoms with Crippen molar-refractivity contribution in [3.8, 4) is 0 Å². The van der Waals surface area contributed by atoms with Crippen molar-refractivity contribution in [2.45, 2.75) is 32.0 Å². The van der Waals surface area contributed by atoms with E-state index in [2.05, 4.69) is 30.4 Å². The Balaban J connectivity index is 2.07. The highest BCUT2D eigenvalue weighted by Gasteiger charge is 2.34. The maximum absolute atomic E-state index is 5.91. The minimum absolute atomic E-state index is 0.407. The molecule has 2 aliphatic rings. The van der Waals surface area contributed by atoms with E-state index < -0.39 is 0 Å². The van der Waals surface area contributed by atoms with Gasteiger partial charge in [-0.3, -0.25) is 0 Å². The predicted molar refractivity (Wildman–Crippen MR) is 60.0 cm³/mol. The summed E-state index contributed by atoms with van der Waals surface area (Å²) >= 11 is 0. The highest BCUT2D eigenvalue weighted by atomic mass is 16.5. The second-order valence-electron chi connectivity index (χ2n) is 4.45. The Bertz CT molecular complexity index is 375. The topological polar surface area (TPSA) is 21.3 Å². The molecule has 0 aromatic heterocycles. The van der Waals surface area contributed by atoms with E-state index in [1.54, 1.807) is 0 Å². The van der Waals surface area contributed by atoms with Gasteiger partial charge in [0.15, 0.2) is 0 Å². The Hall–Kier alpha value is -0.860. The zero-order valence-corrected chi connectivity index (χ0v) is 9.12. The van der Waals surface area contributed by atoms with Gasteiger partial charge in [0.25, 0.3) is 0 Å². The van der Waals surface area contributed by atoms with Crippen LogP contribution >= 0.6 is 0 Å². The van der Waals surface area contributed by atoms with E-state index >= 15 is 0 Å². The first kappa shape index (κ1) is 9.37. The van der Waals surface area contributed by atoms with Gasteiger partial charge in [0.1, 0.15) is 0 Å². The van der Waals surface area contributed by atoms with Crippen molar-refractivity contribution in [2.24, 2.45) is 0 Å². The molecule has 1 aromatic carbocycles. The lowest BCUT2D eigenvalue weighted by molar-refractivity contribution is 0.0294. The van der Waals surface area contributed by atoms with Crippen molar-refractivity contribution in [1.82, 2.24) is 5.32 Å². The Labute approximate surface area is 90.6 Å². The fraction of sp³-hybridized carbons (Fsp3) is 0.538. The predicted octanol–water partition coefficient (Wildman–Crippen LogP) is 1.83. The molecule has 1 aromatic rings. The molecule has 3 rings (SSSR count). The smallest absolute Gasteiger partial charge is 0.0784 e. The third-order valence-corrected chi connectivity index (χ3v) is 3.69. The summed E-state index contributed by atoms with van der Waals surface area (Å²) in [5.74, 6) is 0.584. The zero-order chi connectivity index (χ0) is 10.3. The number of hydrogen-bond acceptors (Lipinski definition) is 2. The molecule has 0 amide bonds. The lowest BCUT2D eigenvalue weighted by Gasteiger charge is -2.29. The number of rotatable bonds is 1. The Morgan fingerprint density at radius 3 is 3.20 bits per heavy atom. The Morgan fingerprint density at radius 1 is 1.40 bits per heavy atom. The first-order valence-electron chi connectivity index (χ1n) is 5.83. The molecule has 2 nitrogen and oxygen atoms in total. The van der Waals surface area contributed by atoms with Gasteiger partial charge >= 0.3 is 0 Å². The Morgan fingerprint density at radius 2 is 2.33 bits per heavy atom. The monoisotopic (exact) mass is 203 g/mol. The van der Waals surface area contributed by atoms with Gasteiger partial charge in [-0.2, -0.15) is 0 Å². The molecular formula is C13H17NO. The molecule has 0 spiro atoms. The number of hydrogen-bond donors (Lipinski definition) is 1. The van der Waals surface area contributed by atoms with E-state index in [-0.39, 0.29) is 0 Å². The van der Waals surface area contributed by atoms with Gasteiger partial charge in [-0.25, -0.2) is 0 Å². The van der Waals surface area contributed by atoms with Crippen LogP contribution in [0.5, 0.6) is 0 Å². The summed E-state index contributed by atoms with van der Waals surface area (Å²) in [6.07, 6.45) is 1.52. The molecule has 2 aliphatic heterocycles. The van der Waals surface area contributed by atoms with Crippen molar-refractivity contribution in [3.63, 3.8) is 0 Å². The third kappa shape index (κ3) is 1.40. The molecule has 0 radical (unpaired) electrons. The molecule has 2 heteroatoms. The van der Waals surface area contributed by atoms with Crippen LogP contribution < -0.4 is 5.32 Å². The Kier molecular flexibility index (Phi) is 2.26. The molecule has 80 valence electrons. The molecule has 1 saturated heterocycles. The van der Waals surface area contributed by atoms with Gasteiger partial charge in [0.05, 0.1) is 12.7 Å². The minimum atomic E-state index is 0.407. The summed E-state index contributed by atoms with van der Waals surface area (Å²) in [4.78, 5) is 0. The van der Waals surface area contributed by atoms with E-state index in [4.69, 9.17) is 4.74 Å². The third-order valence-electron chi connectivity index (χ3n) is 3.69. The van der Waals surface area contributed by atoms with Crippen LogP contribution in [-0.2, 0) is 17.8 Å². The average molecular weight is 203 g/mol. The second kappa shape index (κ2) is 3.62. The van der Waals surface area contributed by atoms with Crippen molar-refractivity contribution >= 4 is 0 Å². The SMILES string of the molecule is CCc1cccc2c1COC1CNCC21. The van der Waals surface area contributed by atoms with Crippen LogP contribution in [0.1, 0.15) is 29.5 Å². The average Bonchev–Trinajstić information content (AvgIpc) is 2.76. The van der Waals surface area contributed by atoms with Crippen molar-refractivity contribution < 1.29 is 4.74 Å². The van der Waals surface area contributed by atoms with Crippen LogP contribution in [-0.4, -0.2) is 19.2 Å². The van der Waals surface area contributed by atoms with Gasteiger partial charge in [-0.05, 0) is 23.1 Å². The van der Waals surface area contributed by atoms with Gasteiger partial charge in [0.2, 0.25) is 0 Å². The van der Waals surface area contributed by atoms with E-state index in [1.165, 1.54) is 16.7 Å². The number of benzene rings is 1. The molecule has 2 heterocycles. The fourth-order valence-corrected chi connectivity index (χ4v) is 2.84. The highest BCUT2D eigenvalue weighted by molar-refractivity contribution is 5.40. The molecule has 1 N–H and O–H groups in total. The number of ether oxygens (including phenoxy) is 1. The quantitative estimate of drug-likeness (QED) is 0.752. The maximum Gasteiger partial charge on any atom is 0.0784 e. The minimum Gasteiger partial charge on any atom is -0.372 e. The summed E-state index contributed by atoms with van der Waals surface area (Å²) in [7, 11) is 0.